The molecule has 4 saturated heterocycles. The number of carboxylic acids is 2. The molecule has 12 N–H and O–H groups in total. The summed E-state index contributed by atoms with van der Waals surface area (Å²) in [6.07, 6.45) is 0.775. The minimum absolute atomic E-state index is 0.00624. The first kappa shape index (κ1) is 55.5. The van der Waals surface area contributed by atoms with Gasteiger partial charge in [0, 0.05) is 44.8 Å². The van der Waals surface area contributed by atoms with E-state index in [0.29, 0.717) is 32.1 Å². The molecule has 4 aliphatic rings. The Bertz CT molecular complexity index is 1990. The zero-order valence-electron chi connectivity index (χ0n) is 39.0. The lowest BCUT2D eigenvalue weighted by Gasteiger charge is -2.34. The molecule has 0 unspecified atom stereocenters. The van der Waals surface area contributed by atoms with Gasteiger partial charge in [0.1, 0.15) is 48.3 Å². The molecule has 0 spiro atoms. The molecule has 0 bridgehead atoms. The first-order valence-corrected chi connectivity index (χ1v) is 24.0. The number of carboxylic acid groups (broad SMARTS) is 2. The third-order valence-electron chi connectivity index (χ3n) is 12.8. The first-order chi connectivity index (χ1) is 32.5. The van der Waals surface area contributed by atoms with Crippen LogP contribution in [0, 0.1) is 5.92 Å². The number of hydrogen-bond donors (Lipinski definition) is 10. The Morgan fingerprint density at radius 1 is 0.565 bits per heavy atom. The summed E-state index contributed by atoms with van der Waals surface area (Å²) in [5.74, 6) is -10.7. The average molecular weight is 994 g/mol. The van der Waals surface area contributed by atoms with Crippen LogP contribution in [0.4, 0.5) is 0 Å². The van der Waals surface area contributed by atoms with Crippen LogP contribution in [0.25, 0.3) is 0 Å². The van der Waals surface area contributed by atoms with Gasteiger partial charge in [-0.05, 0) is 76.5 Å². The van der Waals surface area contributed by atoms with E-state index in [4.69, 9.17) is 17.2 Å². The second kappa shape index (κ2) is 25.5. The number of nitrogens with zero attached hydrogens (tertiary/aromatic N) is 4. The van der Waals surface area contributed by atoms with E-state index in [-0.39, 0.29) is 76.4 Å². The van der Waals surface area contributed by atoms with Crippen molar-refractivity contribution in [2.75, 3.05) is 31.9 Å². The predicted octanol–water partition coefficient (Wildman–Crippen LogP) is -3.72. The highest BCUT2D eigenvalue weighted by Gasteiger charge is 2.45. The van der Waals surface area contributed by atoms with Crippen LogP contribution >= 0.6 is 12.6 Å². The van der Waals surface area contributed by atoms with Gasteiger partial charge in [-0.1, -0.05) is 13.8 Å². The standard InChI is InChI=1S/C43H67N11O14S/c1-22(2)19-26(49-38(62)29-8-4-16-52(29)42(66)30-9-5-17-53(30)39(63)23(44)11-13-32(45)55)40(64)51-15-3-7-28(51)37(61)48-25(20-34(57)58)36(60)47-24(12-14-33(46)56)35(59)50-27(21-69)41(65)54-18-6-10-31(54)43(67)68/h22-31,69H,3-21,44H2,1-2H3,(H2,45,55)(H2,46,56)(H,47,60)(H,48,61)(H,49,62)(H,50,59)(H,57,58)(H,67,68)/t23-,24-,25-,26-,27-,28-,29-,30-,31-/m0/s1. The van der Waals surface area contributed by atoms with Crippen molar-refractivity contribution < 1.29 is 67.7 Å². The van der Waals surface area contributed by atoms with Crippen LogP contribution in [0.5, 0.6) is 0 Å². The van der Waals surface area contributed by atoms with Crippen LogP contribution in [-0.2, 0) is 57.5 Å². The van der Waals surface area contributed by atoms with Gasteiger partial charge in [-0.15, -0.1) is 0 Å². The number of primary amides is 2. The number of carbonyl (C=O) groups excluding carboxylic acids is 10. The van der Waals surface area contributed by atoms with Crippen LogP contribution in [0.2, 0.25) is 0 Å². The van der Waals surface area contributed by atoms with Crippen LogP contribution in [0.1, 0.15) is 104 Å². The lowest BCUT2D eigenvalue weighted by Crippen LogP contribution is -2.60. The molecule has 4 fully saturated rings. The predicted molar refractivity (Wildman–Crippen MR) is 245 cm³/mol. The minimum Gasteiger partial charge on any atom is -0.481 e. The van der Waals surface area contributed by atoms with Crippen LogP contribution in [0.15, 0.2) is 0 Å². The molecule has 384 valence electrons. The van der Waals surface area contributed by atoms with Crippen LogP contribution in [0.3, 0.4) is 0 Å². The number of amides is 10. The highest BCUT2D eigenvalue weighted by Crippen LogP contribution is 2.27. The van der Waals surface area contributed by atoms with Crippen LogP contribution < -0.4 is 38.5 Å². The molecule has 0 saturated carbocycles. The fourth-order valence-electron chi connectivity index (χ4n) is 9.30. The third-order valence-corrected chi connectivity index (χ3v) is 13.1. The number of aliphatic carboxylic acids is 2. The van der Waals surface area contributed by atoms with Crippen molar-refractivity contribution in [1.82, 2.24) is 40.9 Å². The molecule has 0 aromatic carbocycles. The maximum Gasteiger partial charge on any atom is 0.326 e. The summed E-state index contributed by atoms with van der Waals surface area (Å²) in [5, 5.41) is 29.2. The summed E-state index contributed by atoms with van der Waals surface area (Å²) >= 11 is 4.14. The third kappa shape index (κ3) is 15.0. The summed E-state index contributed by atoms with van der Waals surface area (Å²) in [5.41, 5.74) is 16.6. The normalized spacial score (nSPS) is 22.3. The number of nitrogens with two attached hydrogens (primary N) is 3. The molecule has 26 heteroatoms. The molecule has 0 aromatic rings. The Labute approximate surface area is 404 Å². The van der Waals surface area contributed by atoms with Gasteiger partial charge in [0.05, 0.1) is 12.5 Å². The van der Waals surface area contributed by atoms with E-state index in [0.717, 1.165) is 4.90 Å². The first-order valence-electron chi connectivity index (χ1n) is 23.4. The molecule has 4 aliphatic heterocycles. The lowest BCUT2D eigenvalue weighted by atomic mass is 10.0. The second-order valence-electron chi connectivity index (χ2n) is 18.4. The number of nitrogens with one attached hydrogen (secondary N) is 4. The quantitative estimate of drug-likeness (QED) is 0.0416. The summed E-state index contributed by atoms with van der Waals surface area (Å²) < 4.78 is 0. The highest BCUT2D eigenvalue weighted by atomic mass is 32.1. The Morgan fingerprint density at radius 2 is 1.00 bits per heavy atom. The van der Waals surface area contributed by atoms with E-state index in [1.807, 2.05) is 13.8 Å². The zero-order chi connectivity index (χ0) is 51.3. The second-order valence-corrected chi connectivity index (χ2v) is 18.7. The summed E-state index contributed by atoms with van der Waals surface area (Å²) in [7, 11) is 0. The Balaban J connectivity index is 1.46. The van der Waals surface area contributed by atoms with Gasteiger partial charge < -0.3 is 68.3 Å². The maximum absolute atomic E-state index is 14.3. The van der Waals surface area contributed by atoms with Gasteiger partial charge in [0.25, 0.3) is 0 Å². The van der Waals surface area contributed by atoms with E-state index in [2.05, 4.69) is 33.9 Å². The molecular formula is C43H67N11O14S. The van der Waals surface area contributed by atoms with Gasteiger partial charge in [0.2, 0.25) is 59.1 Å². The van der Waals surface area contributed by atoms with Crippen molar-refractivity contribution in [1.29, 1.82) is 0 Å². The average Bonchev–Trinajstić information content (AvgIpc) is 4.14. The summed E-state index contributed by atoms with van der Waals surface area (Å²) in [6.45, 7) is 4.27. The molecule has 69 heavy (non-hydrogen) atoms. The molecule has 0 radical (unpaired) electrons. The van der Waals surface area contributed by atoms with E-state index >= 15 is 0 Å². The fourth-order valence-corrected chi connectivity index (χ4v) is 9.55. The molecule has 9 atom stereocenters. The Hall–Kier alpha value is -6.05. The van der Waals surface area contributed by atoms with Crippen molar-refractivity contribution >= 4 is 83.6 Å². The van der Waals surface area contributed by atoms with Crippen LogP contribution in [-0.4, -0.2) is 187 Å². The topological polar surface area (TPSA) is 384 Å². The van der Waals surface area contributed by atoms with E-state index < -0.39 is 145 Å². The molecule has 0 aliphatic carbocycles. The minimum atomic E-state index is -1.83. The van der Waals surface area contributed by atoms with Crippen molar-refractivity contribution in [2.45, 2.75) is 158 Å². The molecule has 10 amide bonds. The SMILES string of the molecule is CC(C)C[C@H](NC(=O)[C@@H]1CCCN1C(=O)[C@@H]1CCCN1C(=O)[C@@H](N)CCC(N)=O)C(=O)N1CCC[C@H]1C(=O)N[C@@H](CC(=O)O)C(=O)N[C@@H](CCC(N)=O)C(=O)N[C@@H](CS)C(=O)N1CCC[C@H]1C(=O)O. The van der Waals surface area contributed by atoms with E-state index in [1.54, 1.807) is 0 Å². The maximum atomic E-state index is 14.3. The number of carbonyl (C=O) groups is 12. The number of thiol groups is 1. The zero-order valence-corrected chi connectivity index (χ0v) is 39.9. The van der Waals surface area contributed by atoms with Crippen molar-refractivity contribution in [3.63, 3.8) is 0 Å². The fraction of sp³-hybridized carbons (Fsp3) is 0.721. The number of hydrogen-bond acceptors (Lipinski definition) is 14. The Kier molecular flexibility index (Phi) is 20.5. The van der Waals surface area contributed by atoms with E-state index in [9.17, 15) is 67.7 Å². The molecule has 25 nitrogen and oxygen atoms in total. The van der Waals surface area contributed by atoms with Gasteiger partial charge in [-0.2, -0.15) is 12.6 Å². The molecular weight excluding hydrogens is 927 g/mol. The highest BCUT2D eigenvalue weighted by molar-refractivity contribution is 7.80. The molecule has 4 heterocycles. The van der Waals surface area contributed by atoms with Gasteiger partial charge in [0.15, 0.2) is 0 Å². The molecule has 0 aromatic heterocycles. The number of rotatable bonds is 24. The molecule has 4 rings (SSSR count). The van der Waals surface area contributed by atoms with Gasteiger partial charge in [-0.3, -0.25) is 52.7 Å². The largest absolute Gasteiger partial charge is 0.481 e. The number of likely N-dealkylation sites (tertiary alicyclic amines) is 4. The van der Waals surface area contributed by atoms with Gasteiger partial charge >= 0.3 is 11.9 Å². The van der Waals surface area contributed by atoms with Crippen molar-refractivity contribution in [3.05, 3.63) is 0 Å². The van der Waals surface area contributed by atoms with E-state index in [1.165, 1.54) is 14.7 Å². The Morgan fingerprint density at radius 3 is 1.52 bits per heavy atom. The van der Waals surface area contributed by atoms with Gasteiger partial charge in [-0.25, -0.2) is 4.79 Å². The summed E-state index contributed by atoms with van der Waals surface area (Å²) in [4.78, 5) is 162. The lowest BCUT2D eigenvalue weighted by molar-refractivity contribution is -0.149. The summed E-state index contributed by atoms with van der Waals surface area (Å²) in [6, 6.07) is -11.2. The monoisotopic (exact) mass is 993 g/mol. The van der Waals surface area contributed by atoms with Crippen molar-refractivity contribution in [2.24, 2.45) is 23.1 Å². The smallest absolute Gasteiger partial charge is 0.326 e. The van der Waals surface area contributed by atoms with Crippen molar-refractivity contribution in [3.8, 4) is 0 Å².